The molecule has 1 aromatic heterocycles. The summed E-state index contributed by atoms with van der Waals surface area (Å²) in [7, 11) is 1.98. The second-order valence-electron chi connectivity index (χ2n) is 7.84. The van der Waals surface area contributed by atoms with Gasteiger partial charge in [0.1, 0.15) is 17.7 Å². The number of amides is 1. The van der Waals surface area contributed by atoms with Gasteiger partial charge in [-0.05, 0) is 57.6 Å². The number of piperidine rings is 1. The number of carbonyl (C=O) groups excluding carboxylic acids is 2. The summed E-state index contributed by atoms with van der Waals surface area (Å²) in [4.78, 5) is 27.7. The van der Waals surface area contributed by atoms with Crippen molar-refractivity contribution >= 4 is 23.0 Å². The summed E-state index contributed by atoms with van der Waals surface area (Å²) in [6, 6.07) is 6.44. The summed E-state index contributed by atoms with van der Waals surface area (Å²) in [6.45, 7) is 2.85. The van der Waals surface area contributed by atoms with E-state index in [0.717, 1.165) is 36.2 Å². The highest BCUT2D eigenvalue weighted by molar-refractivity contribution is 7.17. The van der Waals surface area contributed by atoms with E-state index in [2.05, 4.69) is 10.2 Å². The van der Waals surface area contributed by atoms with Crippen molar-refractivity contribution in [1.29, 1.82) is 0 Å². The van der Waals surface area contributed by atoms with Crippen LogP contribution in [0.1, 0.15) is 41.4 Å². The maximum atomic E-state index is 14.2. The number of likely N-dealkylation sites (tertiary alicyclic amines) is 1. The molecule has 0 aliphatic carbocycles. The molecule has 2 atom stereocenters. The van der Waals surface area contributed by atoms with Gasteiger partial charge in [0.15, 0.2) is 5.78 Å². The van der Waals surface area contributed by atoms with E-state index in [1.165, 1.54) is 30.4 Å². The van der Waals surface area contributed by atoms with E-state index in [9.17, 15) is 14.0 Å². The lowest BCUT2D eigenvalue weighted by atomic mass is 10.0. The Kier molecular flexibility index (Phi) is 5.69. The lowest BCUT2D eigenvalue weighted by Gasteiger charge is -2.31. The van der Waals surface area contributed by atoms with Gasteiger partial charge >= 0.3 is 0 Å². The minimum atomic E-state index is -0.325. The van der Waals surface area contributed by atoms with Crippen LogP contribution in [-0.2, 0) is 11.2 Å². The standard InChI is InChI=1S/C22H25FN2O3S/c1-13(26)19-6-7-20(29-19)17-11-15(23)9-14-10-16(28-21(14)17)12-24-22(27)18-5-3-4-8-25(18)2/h6-7,9,11,16,18H,3-5,8,10,12H2,1-2H3,(H,24,27). The number of nitrogens with zero attached hydrogens (tertiary/aromatic N) is 1. The number of Topliss-reactive ketones (excluding diaryl/α,β-unsaturated/α-hetero) is 1. The summed E-state index contributed by atoms with van der Waals surface area (Å²) in [5.41, 5.74) is 1.46. The number of hydrogen-bond donors (Lipinski definition) is 1. The zero-order valence-corrected chi connectivity index (χ0v) is 17.5. The second-order valence-corrected chi connectivity index (χ2v) is 8.93. The lowest BCUT2D eigenvalue weighted by Crippen LogP contribution is -2.49. The summed E-state index contributed by atoms with van der Waals surface area (Å²) < 4.78 is 20.3. The van der Waals surface area contributed by atoms with E-state index in [1.54, 1.807) is 6.07 Å². The normalized spacial score (nSPS) is 21.5. The predicted octanol–water partition coefficient (Wildman–Crippen LogP) is 3.66. The van der Waals surface area contributed by atoms with Crippen LogP contribution in [0.15, 0.2) is 24.3 Å². The van der Waals surface area contributed by atoms with Gasteiger partial charge in [0.25, 0.3) is 0 Å². The molecule has 2 unspecified atom stereocenters. The first-order chi connectivity index (χ1) is 13.9. The average Bonchev–Trinajstić information content (AvgIpc) is 3.33. The Hall–Kier alpha value is -2.25. The van der Waals surface area contributed by atoms with Crippen molar-refractivity contribution in [2.75, 3.05) is 20.1 Å². The molecule has 0 saturated carbocycles. The van der Waals surface area contributed by atoms with Crippen LogP contribution in [0.25, 0.3) is 10.4 Å². The molecule has 4 rings (SSSR count). The van der Waals surface area contributed by atoms with Crippen LogP contribution in [-0.4, -0.2) is 48.9 Å². The highest BCUT2D eigenvalue weighted by atomic mass is 32.1. The van der Waals surface area contributed by atoms with Crippen LogP contribution in [0.5, 0.6) is 5.75 Å². The molecule has 3 heterocycles. The van der Waals surface area contributed by atoms with Gasteiger partial charge in [0.05, 0.1) is 17.5 Å². The number of benzene rings is 1. The number of fused-ring (bicyclic) bond motifs is 1. The third-order valence-electron chi connectivity index (χ3n) is 5.66. The first-order valence-corrected chi connectivity index (χ1v) is 10.8. The minimum Gasteiger partial charge on any atom is -0.487 e. The monoisotopic (exact) mass is 416 g/mol. The van der Waals surface area contributed by atoms with Gasteiger partial charge < -0.3 is 10.1 Å². The zero-order valence-electron chi connectivity index (χ0n) is 16.7. The molecule has 29 heavy (non-hydrogen) atoms. The highest BCUT2D eigenvalue weighted by Gasteiger charge is 2.30. The van der Waals surface area contributed by atoms with Gasteiger partial charge in [0.2, 0.25) is 5.91 Å². The van der Waals surface area contributed by atoms with Crippen molar-refractivity contribution in [2.45, 2.75) is 44.8 Å². The number of halogens is 1. The Morgan fingerprint density at radius 3 is 2.86 bits per heavy atom. The van der Waals surface area contributed by atoms with Crippen molar-refractivity contribution in [2.24, 2.45) is 0 Å². The van der Waals surface area contributed by atoms with Gasteiger partial charge in [-0.25, -0.2) is 4.39 Å². The molecule has 1 fully saturated rings. The van der Waals surface area contributed by atoms with E-state index in [0.29, 0.717) is 29.2 Å². The van der Waals surface area contributed by atoms with Gasteiger partial charge in [-0.1, -0.05) is 6.42 Å². The molecular formula is C22H25FN2O3S. The Morgan fingerprint density at radius 1 is 1.31 bits per heavy atom. The topological polar surface area (TPSA) is 58.6 Å². The fourth-order valence-corrected chi connectivity index (χ4v) is 5.02. The van der Waals surface area contributed by atoms with E-state index in [1.807, 2.05) is 13.1 Å². The molecule has 1 N–H and O–H groups in total. The van der Waals surface area contributed by atoms with E-state index < -0.39 is 0 Å². The second kappa shape index (κ2) is 8.24. The smallest absolute Gasteiger partial charge is 0.237 e. The number of rotatable bonds is 5. The maximum Gasteiger partial charge on any atom is 0.237 e. The van der Waals surface area contributed by atoms with Gasteiger partial charge in [0, 0.05) is 22.4 Å². The number of hydrogen-bond acceptors (Lipinski definition) is 5. The predicted molar refractivity (Wildman–Crippen MR) is 111 cm³/mol. The molecule has 154 valence electrons. The van der Waals surface area contributed by atoms with Crippen molar-refractivity contribution in [1.82, 2.24) is 10.2 Å². The molecule has 2 aliphatic heterocycles. The quantitative estimate of drug-likeness (QED) is 0.756. The van der Waals surface area contributed by atoms with E-state index in [-0.39, 0.29) is 29.7 Å². The van der Waals surface area contributed by atoms with Gasteiger partial charge in [-0.3, -0.25) is 14.5 Å². The molecule has 1 aromatic carbocycles. The molecular weight excluding hydrogens is 391 g/mol. The highest BCUT2D eigenvalue weighted by Crippen LogP contribution is 2.42. The van der Waals surface area contributed by atoms with Crippen LogP contribution in [0.4, 0.5) is 4.39 Å². The molecule has 1 amide bonds. The van der Waals surface area contributed by atoms with Gasteiger partial charge in [-0.15, -0.1) is 11.3 Å². The Labute approximate surface area is 173 Å². The Bertz CT molecular complexity index is 942. The lowest BCUT2D eigenvalue weighted by molar-refractivity contribution is -0.127. The number of nitrogens with one attached hydrogen (secondary N) is 1. The van der Waals surface area contributed by atoms with Crippen LogP contribution >= 0.6 is 11.3 Å². The summed E-state index contributed by atoms with van der Waals surface area (Å²) in [5.74, 6) is 0.344. The Balaban J connectivity index is 1.46. The van der Waals surface area contributed by atoms with Crippen LogP contribution in [0.3, 0.4) is 0 Å². The maximum absolute atomic E-state index is 14.2. The number of ether oxygens (including phenoxy) is 1. The first-order valence-electron chi connectivity index (χ1n) is 10.0. The SMILES string of the molecule is CC(=O)c1ccc(-c2cc(F)cc3c2OC(CNC(=O)C2CCCCN2C)C3)s1. The third kappa shape index (κ3) is 4.21. The number of ketones is 1. The summed E-state index contributed by atoms with van der Waals surface area (Å²) >= 11 is 1.34. The number of likely N-dealkylation sites (N-methyl/N-ethyl adjacent to an activating group) is 1. The van der Waals surface area contributed by atoms with E-state index >= 15 is 0 Å². The van der Waals surface area contributed by atoms with E-state index in [4.69, 9.17) is 4.74 Å². The molecule has 1 saturated heterocycles. The molecule has 0 spiro atoms. The van der Waals surface area contributed by atoms with Crippen LogP contribution in [0.2, 0.25) is 0 Å². The fraction of sp³-hybridized carbons (Fsp3) is 0.455. The van der Waals surface area contributed by atoms with Crippen molar-refractivity contribution < 1.29 is 18.7 Å². The third-order valence-corrected chi connectivity index (χ3v) is 6.88. The number of thiophene rings is 1. The first kappa shape index (κ1) is 20.0. The zero-order chi connectivity index (χ0) is 20.5. The molecule has 5 nitrogen and oxygen atoms in total. The number of carbonyl (C=O) groups is 2. The minimum absolute atomic E-state index is 0.0107. The Morgan fingerprint density at radius 2 is 2.14 bits per heavy atom. The van der Waals surface area contributed by atoms with Crippen LogP contribution in [0, 0.1) is 5.82 Å². The molecule has 0 radical (unpaired) electrons. The molecule has 7 heteroatoms. The molecule has 2 aromatic rings. The van der Waals surface area contributed by atoms with Crippen LogP contribution < -0.4 is 10.1 Å². The van der Waals surface area contributed by atoms with Crippen molar-refractivity contribution in [3.63, 3.8) is 0 Å². The average molecular weight is 417 g/mol. The summed E-state index contributed by atoms with van der Waals surface area (Å²) in [5, 5.41) is 3.01. The molecule has 2 aliphatic rings. The summed E-state index contributed by atoms with van der Waals surface area (Å²) in [6.07, 6.45) is 3.39. The van der Waals surface area contributed by atoms with Crippen molar-refractivity contribution in [3.8, 4) is 16.2 Å². The van der Waals surface area contributed by atoms with Crippen molar-refractivity contribution in [3.05, 3.63) is 40.5 Å². The fourth-order valence-electron chi connectivity index (χ4n) is 4.10. The largest absolute Gasteiger partial charge is 0.487 e. The van der Waals surface area contributed by atoms with Gasteiger partial charge in [-0.2, -0.15) is 0 Å². The molecule has 0 bridgehead atoms.